The van der Waals surface area contributed by atoms with E-state index in [1.165, 1.54) is 56.9 Å². The topological polar surface area (TPSA) is 64.9 Å². The highest BCUT2D eigenvalue weighted by molar-refractivity contribution is 8.00. The number of nitrogens with zero attached hydrogens (tertiary/aromatic N) is 4. The van der Waals surface area contributed by atoms with Crippen molar-refractivity contribution in [3.63, 3.8) is 0 Å². The fraction of sp³-hybridized carbons (Fsp3) is 0.632. The van der Waals surface area contributed by atoms with Crippen LogP contribution < -0.4 is 9.46 Å². The van der Waals surface area contributed by atoms with Gasteiger partial charge in [0.25, 0.3) is 0 Å². The second kappa shape index (κ2) is 8.29. The van der Waals surface area contributed by atoms with E-state index in [2.05, 4.69) is 20.9 Å². The molecule has 0 aromatic carbocycles. The Morgan fingerprint density at radius 3 is 2.58 bits per heavy atom. The molecule has 2 aromatic rings. The molecule has 0 amide bonds. The summed E-state index contributed by atoms with van der Waals surface area (Å²) in [4.78, 5) is 10.4. The highest BCUT2D eigenvalue weighted by Gasteiger charge is 2.22. The van der Waals surface area contributed by atoms with Gasteiger partial charge >= 0.3 is 0 Å². The summed E-state index contributed by atoms with van der Waals surface area (Å²) in [7, 11) is 1.91. The summed E-state index contributed by atoms with van der Waals surface area (Å²) >= 11 is 1.49. The van der Waals surface area contributed by atoms with Crippen molar-refractivity contribution in [2.24, 2.45) is 7.05 Å². The summed E-state index contributed by atoms with van der Waals surface area (Å²) in [5, 5.41) is 4.19. The monoisotopic (exact) mass is 373 g/mol. The molecule has 6 nitrogen and oxygen atoms in total. The van der Waals surface area contributed by atoms with Gasteiger partial charge in [-0.15, -0.1) is 0 Å². The Kier molecular flexibility index (Phi) is 5.62. The number of anilines is 1. The van der Waals surface area contributed by atoms with E-state index in [1.54, 1.807) is 4.68 Å². The van der Waals surface area contributed by atoms with E-state index in [1.807, 2.05) is 19.4 Å². The van der Waals surface area contributed by atoms with Gasteiger partial charge in [-0.05, 0) is 50.5 Å². The Balaban J connectivity index is 1.50. The fourth-order valence-corrected chi connectivity index (χ4v) is 4.49. The predicted molar refractivity (Wildman–Crippen MR) is 103 cm³/mol. The Hall–Kier alpha value is -1.76. The molecule has 2 fully saturated rings. The number of aryl methyl sites for hydroxylation is 1. The SMILES string of the molecule is Cn1cc(SNc2nc(OC3CCCCC3)cc(C3CCCC3)n2)cn1. The van der Waals surface area contributed by atoms with Crippen LogP contribution in [0.1, 0.15) is 69.4 Å². The Morgan fingerprint density at radius 1 is 1.08 bits per heavy atom. The van der Waals surface area contributed by atoms with Crippen LogP contribution in [0, 0.1) is 0 Å². The predicted octanol–water partition coefficient (Wildman–Crippen LogP) is 4.70. The first-order valence-corrected chi connectivity index (χ1v) is 10.5. The zero-order chi connectivity index (χ0) is 17.8. The van der Waals surface area contributed by atoms with Crippen LogP contribution in [0.5, 0.6) is 5.88 Å². The van der Waals surface area contributed by atoms with Crippen molar-refractivity contribution >= 4 is 17.9 Å². The molecule has 2 aliphatic carbocycles. The zero-order valence-electron chi connectivity index (χ0n) is 15.4. The van der Waals surface area contributed by atoms with Crippen molar-refractivity contribution in [2.45, 2.75) is 74.7 Å². The van der Waals surface area contributed by atoms with Crippen LogP contribution in [0.3, 0.4) is 0 Å². The molecule has 0 unspecified atom stereocenters. The van der Waals surface area contributed by atoms with Crippen molar-refractivity contribution < 1.29 is 4.74 Å². The largest absolute Gasteiger partial charge is 0.474 e. The Morgan fingerprint density at radius 2 is 1.85 bits per heavy atom. The lowest BCUT2D eigenvalue weighted by molar-refractivity contribution is 0.148. The van der Waals surface area contributed by atoms with Gasteiger partial charge in [-0.25, -0.2) is 4.98 Å². The standard InChI is InChI=1S/C19H27N5OS/c1-24-13-16(12-20-24)26-23-19-21-17(14-7-5-6-8-14)11-18(22-19)25-15-9-3-2-4-10-15/h11-15H,2-10H2,1H3,(H,21,22,23). The number of hydrogen-bond acceptors (Lipinski definition) is 6. The Labute approximate surface area is 159 Å². The van der Waals surface area contributed by atoms with Gasteiger partial charge in [0.05, 0.1) is 16.8 Å². The molecule has 26 heavy (non-hydrogen) atoms. The van der Waals surface area contributed by atoms with Crippen molar-refractivity contribution in [2.75, 3.05) is 4.72 Å². The number of aromatic nitrogens is 4. The van der Waals surface area contributed by atoms with Gasteiger partial charge in [-0.1, -0.05) is 19.3 Å². The molecule has 4 rings (SSSR count). The lowest BCUT2D eigenvalue weighted by atomic mass is 9.98. The van der Waals surface area contributed by atoms with Gasteiger partial charge in [-0.2, -0.15) is 10.1 Å². The van der Waals surface area contributed by atoms with Gasteiger partial charge in [0.2, 0.25) is 11.8 Å². The van der Waals surface area contributed by atoms with Gasteiger partial charge in [0.1, 0.15) is 6.10 Å². The normalized spacial score (nSPS) is 19.0. The molecule has 2 aliphatic rings. The molecule has 0 aliphatic heterocycles. The van der Waals surface area contributed by atoms with Crippen LogP contribution in [-0.2, 0) is 7.05 Å². The quantitative estimate of drug-likeness (QED) is 0.741. The van der Waals surface area contributed by atoms with E-state index < -0.39 is 0 Å². The second-order valence-electron chi connectivity index (χ2n) is 7.37. The van der Waals surface area contributed by atoms with E-state index in [0.717, 1.165) is 29.3 Å². The van der Waals surface area contributed by atoms with E-state index in [4.69, 9.17) is 9.72 Å². The van der Waals surface area contributed by atoms with Crippen LogP contribution in [0.25, 0.3) is 0 Å². The van der Waals surface area contributed by atoms with Crippen molar-refractivity contribution in [3.8, 4) is 5.88 Å². The first-order valence-electron chi connectivity index (χ1n) is 9.73. The molecule has 2 heterocycles. The summed E-state index contributed by atoms with van der Waals surface area (Å²) in [6.45, 7) is 0. The molecule has 2 aromatic heterocycles. The molecule has 0 radical (unpaired) electrons. The highest BCUT2D eigenvalue weighted by atomic mass is 32.2. The van der Waals surface area contributed by atoms with Crippen molar-refractivity contribution in [3.05, 3.63) is 24.2 Å². The number of hydrogen-bond donors (Lipinski definition) is 1. The summed E-state index contributed by atoms with van der Waals surface area (Å²) in [5.74, 6) is 1.90. The molecule has 0 spiro atoms. The summed E-state index contributed by atoms with van der Waals surface area (Å²) in [6.07, 6.45) is 15.2. The summed E-state index contributed by atoms with van der Waals surface area (Å²) in [6, 6.07) is 2.07. The van der Waals surface area contributed by atoms with Gasteiger partial charge in [0, 0.05) is 25.2 Å². The fourth-order valence-electron chi connectivity index (χ4n) is 3.89. The molecular weight excluding hydrogens is 346 g/mol. The maximum Gasteiger partial charge on any atom is 0.236 e. The number of nitrogens with one attached hydrogen (secondary N) is 1. The van der Waals surface area contributed by atoms with Crippen molar-refractivity contribution in [1.82, 2.24) is 19.7 Å². The van der Waals surface area contributed by atoms with Crippen LogP contribution >= 0.6 is 11.9 Å². The number of rotatable bonds is 6. The van der Waals surface area contributed by atoms with Gasteiger partial charge in [0.15, 0.2) is 0 Å². The van der Waals surface area contributed by atoms with Crippen LogP contribution in [0.15, 0.2) is 23.4 Å². The summed E-state index contributed by atoms with van der Waals surface area (Å²) < 4.78 is 11.3. The molecule has 7 heteroatoms. The average Bonchev–Trinajstić information content (AvgIpc) is 3.32. The third kappa shape index (κ3) is 4.50. The molecule has 0 saturated heterocycles. The third-order valence-corrected chi connectivity index (χ3v) is 6.01. The summed E-state index contributed by atoms with van der Waals surface area (Å²) in [5.41, 5.74) is 1.12. The van der Waals surface area contributed by atoms with Crippen LogP contribution in [0.2, 0.25) is 0 Å². The minimum absolute atomic E-state index is 0.300. The zero-order valence-corrected chi connectivity index (χ0v) is 16.2. The van der Waals surface area contributed by atoms with E-state index in [-0.39, 0.29) is 0 Å². The second-order valence-corrected chi connectivity index (χ2v) is 8.25. The maximum absolute atomic E-state index is 6.24. The first kappa shape index (κ1) is 17.6. The van der Waals surface area contributed by atoms with Crippen LogP contribution in [0.4, 0.5) is 5.95 Å². The smallest absolute Gasteiger partial charge is 0.236 e. The van der Waals surface area contributed by atoms with Crippen molar-refractivity contribution in [1.29, 1.82) is 0 Å². The first-order chi connectivity index (χ1) is 12.8. The Bertz CT molecular complexity index is 722. The molecule has 140 valence electrons. The molecule has 1 N–H and O–H groups in total. The maximum atomic E-state index is 6.24. The van der Waals surface area contributed by atoms with Gasteiger partial charge < -0.3 is 4.74 Å². The molecule has 0 atom stereocenters. The molecule has 0 bridgehead atoms. The van der Waals surface area contributed by atoms with E-state index in [0.29, 0.717) is 18.0 Å². The minimum Gasteiger partial charge on any atom is -0.474 e. The minimum atomic E-state index is 0.300. The lowest BCUT2D eigenvalue weighted by Gasteiger charge is -2.23. The average molecular weight is 374 g/mol. The molecular formula is C19H27N5OS. The molecule has 2 saturated carbocycles. The third-order valence-electron chi connectivity index (χ3n) is 5.28. The lowest BCUT2D eigenvalue weighted by Crippen LogP contribution is -2.20. The van der Waals surface area contributed by atoms with E-state index >= 15 is 0 Å². The van der Waals surface area contributed by atoms with Crippen LogP contribution in [-0.4, -0.2) is 25.9 Å². The number of ether oxygens (including phenoxy) is 1. The highest BCUT2D eigenvalue weighted by Crippen LogP contribution is 2.35. The van der Waals surface area contributed by atoms with E-state index in [9.17, 15) is 0 Å². The van der Waals surface area contributed by atoms with Gasteiger partial charge in [-0.3, -0.25) is 9.40 Å².